The van der Waals surface area contributed by atoms with E-state index in [1.165, 1.54) is 25.4 Å². The lowest BCUT2D eigenvalue weighted by Gasteiger charge is -2.15. The Morgan fingerprint density at radius 1 is 1.30 bits per heavy atom. The van der Waals surface area contributed by atoms with Gasteiger partial charge in [0.05, 0.1) is 36.2 Å². The summed E-state index contributed by atoms with van der Waals surface area (Å²) in [4.78, 5) is 20.0. The van der Waals surface area contributed by atoms with Gasteiger partial charge in [0.1, 0.15) is 23.7 Å². The Labute approximate surface area is 170 Å². The minimum absolute atomic E-state index is 0.0910. The number of rotatable bonds is 5. The van der Waals surface area contributed by atoms with E-state index in [-0.39, 0.29) is 30.2 Å². The number of methoxy groups -OCH3 is 1. The van der Waals surface area contributed by atoms with Crippen LogP contribution in [-0.4, -0.2) is 28.2 Å². The van der Waals surface area contributed by atoms with Crippen LogP contribution in [0.15, 0.2) is 42.6 Å². The Balaban J connectivity index is 1.71. The van der Waals surface area contributed by atoms with E-state index in [1.807, 2.05) is 0 Å². The number of ether oxygens (including phenoxy) is 1. The van der Waals surface area contributed by atoms with Crippen LogP contribution in [0.2, 0.25) is 0 Å². The maximum Gasteiger partial charge on any atom is 0.310 e. The van der Waals surface area contributed by atoms with Crippen LogP contribution in [0.25, 0.3) is 11.3 Å². The first kappa shape index (κ1) is 19.9. The van der Waals surface area contributed by atoms with Crippen molar-refractivity contribution in [2.45, 2.75) is 19.2 Å². The molecule has 7 nitrogen and oxygen atoms in total. The van der Waals surface area contributed by atoms with Gasteiger partial charge in [-0.05, 0) is 29.8 Å². The van der Waals surface area contributed by atoms with Gasteiger partial charge in [-0.3, -0.25) is 15.1 Å². The second-order valence-corrected chi connectivity index (χ2v) is 6.73. The minimum Gasteiger partial charge on any atom is -0.469 e. The summed E-state index contributed by atoms with van der Waals surface area (Å²) in [5, 5.41) is 16.2. The molecule has 0 amide bonds. The zero-order chi connectivity index (χ0) is 21.3. The molecule has 0 spiro atoms. The Bertz CT molecular complexity index is 1090. The third-order valence-electron chi connectivity index (χ3n) is 4.76. The standard InChI is InChI=1S/C21H18F2N4O3/c1-30-18(28)7-11-5-6-17(24-9-11)27-15-8-14(19-12(22)3-2-4-13(19)23)26-16-10-25-21(29)20(15)16/h2-6,8-9,21,25,29H,7,10H2,1H3,(H,24,26,27). The molecule has 1 atom stereocenters. The van der Waals surface area contributed by atoms with E-state index in [0.29, 0.717) is 28.3 Å². The SMILES string of the molecule is COC(=O)Cc1ccc(Nc2cc(-c3c(F)cccc3F)nc3c2C(O)NC3)nc1. The number of aromatic nitrogens is 2. The summed E-state index contributed by atoms with van der Waals surface area (Å²) in [5.41, 5.74) is 1.91. The fourth-order valence-electron chi connectivity index (χ4n) is 3.30. The monoisotopic (exact) mass is 412 g/mol. The first-order valence-electron chi connectivity index (χ1n) is 9.14. The quantitative estimate of drug-likeness (QED) is 0.555. The maximum absolute atomic E-state index is 14.3. The fraction of sp³-hybridized carbons (Fsp3) is 0.190. The van der Waals surface area contributed by atoms with Gasteiger partial charge in [-0.1, -0.05) is 12.1 Å². The highest BCUT2D eigenvalue weighted by Gasteiger charge is 2.27. The summed E-state index contributed by atoms with van der Waals surface area (Å²) in [6.45, 7) is 0.251. The second-order valence-electron chi connectivity index (χ2n) is 6.73. The summed E-state index contributed by atoms with van der Waals surface area (Å²) in [6.07, 6.45) is 0.633. The Morgan fingerprint density at radius 3 is 2.73 bits per heavy atom. The number of fused-ring (bicyclic) bond motifs is 1. The average Bonchev–Trinajstić information content (AvgIpc) is 3.10. The summed E-state index contributed by atoms with van der Waals surface area (Å²) in [7, 11) is 1.31. The van der Waals surface area contributed by atoms with Crippen molar-refractivity contribution in [1.29, 1.82) is 0 Å². The normalized spacial score (nSPS) is 15.0. The first-order chi connectivity index (χ1) is 14.5. The van der Waals surface area contributed by atoms with E-state index in [0.717, 1.165) is 12.1 Å². The Morgan fingerprint density at radius 2 is 2.07 bits per heavy atom. The second kappa shape index (κ2) is 8.13. The van der Waals surface area contributed by atoms with Crippen molar-refractivity contribution in [3.63, 3.8) is 0 Å². The van der Waals surface area contributed by atoms with Crippen LogP contribution in [-0.2, 0) is 22.5 Å². The number of esters is 1. The number of aliphatic hydroxyl groups excluding tert-OH is 1. The van der Waals surface area contributed by atoms with Gasteiger partial charge in [0.2, 0.25) is 0 Å². The molecular formula is C21H18F2N4O3. The molecule has 0 fully saturated rings. The van der Waals surface area contributed by atoms with Gasteiger partial charge in [0, 0.05) is 18.3 Å². The highest BCUT2D eigenvalue weighted by molar-refractivity contribution is 5.73. The first-order valence-corrected chi connectivity index (χ1v) is 9.14. The van der Waals surface area contributed by atoms with Gasteiger partial charge >= 0.3 is 5.97 Å². The number of carbonyl (C=O) groups excluding carboxylic acids is 1. The van der Waals surface area contributed by atoms with Crippen molar-refractivity contribution in [1.82, 2.24) is 15.3 Å². The van der Waals surface area contributed by atoms with E-state index >= 15 is 0 Å². The van der Waals surface area contributed by atoms with Crippen molar-refractivity contribution in [3.8, 4) is 11.3 Å². The number of halogens is 2. The number of hydrogen-bond donors (Lipinski definition) is 3. The molecule has 0 radical (unpaired) electrons. The lowest BCUT2D eigenvalue weighted by atomic mass is 10.1. The third kappa shape index (κ3) is 3.85. The molecule has 3 aromatic rings. The number of anilines is 2. The highest BCUT2D eigenvalue weighted by atomic mass is 19.1. The van der Waals surface area contributed by atoms with Crippen LogP contribution < -0.4 is 10.6 Å². The summed E-state index contributed by atoms with van der Waals surface area (Å²) in [5.74, 6) is -1.42. The molecule has 154 valence electrons. The summed E-state index contributed by atoms with van der Waals surface area (Å²) < 4.78 is 33.2. The topological polar surface area (TPSA) is 96.4 Å². The number of nitrogens with zero attached hydrogens (tertiary/aromatic N) is 2. The molecule has 0 saturated heterocycles. The van der Waals surface area contributed by atoms with Gasteiger partial charge in [0.25, 0.3) is 0 Å². The molecule has 1 aliphatic heterocycles. The molecule has 0 saturated carbocycles. The lowest BCUT2D eigenvalue weighted by Crippen LogP contribution is -2.11. The molecule has 3 heterocycles. The van der Waals surface area contributed by atoms with Crippen molar-refractivity contribution < 1.29 is 23.4 Å². The predicted molar refractivity (Wildman–Crippen MR) is 105 cm³/mol. The van der Waals surface area contributed by atoms with Gasteiger partial charge in [-0.2, -0.15) is 0 Å². The van der Waals surface area contributed by atoms with Crippen molar-refractivity contribution in [2.24, 2.45) is 0 Å². The van der Waals surface area contributed by atoms with Crippen LogP contribution in [0.4, 0.5) is 20.3 Å². The number of benzene rings is 1. The molecule has 3 N–H and O–H groups in total. The maximum atomic E-state index is 14.3. The smallest absolute Gasteiger partial charge is 0.310 e. The van der Waals surface area contributed by atoms with Gasteiger partial charge in [-0.15, -0.1) is 0 Å². The number of carbonyl (C=O) groups is 1. The Hall–Kier alpha value is -3.43. The van der Waals surface area contributed by atoms with E-state index < -0.39 is 17.9 Å². The average molecular weight is 412 g/mol. The van der Waals surface area contributed by atoms with Gasteiger partial charge in [0.15, 0.2) is 0 Å². The largest absolute Gasteiger partial charge is 0.469 e. The van der Waals surface area contributed by atoms with E-state index in [4.69, 9.17) is 0 Å². The van der Waals surface area contributed by atoms with Crippen molar-refractivity contribution >= 4 is 17.5 Å². The molecule has 1 aromatic carbocycles. The molecule has 30 heavy (non-hydrogen) atoms. The van der Waals surface area contributed by atoms with Crippen LogP contribution in [0.1, 0.15) is 23.0 Å². The zero-order valence-electron chi connectivity index (χ0n) is 15.9. The zero-order valence-corrected chi connectivity index (χ0v) is 15.9. The van der Waals surface area contributed by atoms with Crippen LogP contribution in [0.3, 0.4) is 0 Å². The van der Waals surface area contributed by atoms with Crippen LogP contribution in [0, 0.1) is 11.6 Å². The third-order valence-corrected chi connectivity index (χ3v) is 4.76. The molecule has 2 aromatic heterocycles. The number of nitrogens with one attached hydrogen (secondary N) is 2. The van der Waals surface area contributed by atoms with E-state index in [2.05, 4.69) is 25.3 Å². The fourth-order valence-corrected chi connectivity index (χ4v) is 3.30. The summed E-state index contributed by atoms with van der Waals surface area (Å²) in [6, 6.07) is 8.44. The van der Waals surface area contributed by atoms with Crippen LogP contribution >= 0.6 is 0 Å². The minimum atomic E-state index is -0.979. The Kier molecular flexibility index (Phi) is 5.39. The van der Waals surface area contributed by atoms with E-state index in [1.54, 1.807) is 12.1 Å². The van der Waals surface area contributed by atoms with E-state index in [9.17, 15) is 18.7 Å². The highest BCUT2D eigenvalue weighted by Crippen LogP contribution is 2.36. The summed E-state index contributed by atoms with van der Waals surface area (Å²) >= 11 is 0. The number of hydrogen-bond acceptors (Lipinski definition) is 7. The molecular weight excluding hydrogens is 394 g/mol. The number of pyridine rings is 2. The molecule has 9 heteroatoms. The van der Waals surface area contributed by atoms with Crippen LogP contribution in [0.5, 0.6) is 0 Å². The lowest BCUT2D eigenvalue weighted by molar-refractivity contribution is -0.139. The molecule has 0 bridgehead atoms. The molecule has 1 aliphatic rings. The predicted octanol–water partition coefficient (Wildman–Crippen LogP) is 2.98. The molecule has 0 aliphatic carbocycles. The number of aliphatic hydroxyl groups is 1. The van der Waals surface area contributed by atoms with Gasteiger partial charge < -0.3 is 15.2 Å². The molecule has 4 rings (SSSR count). The van der Waals surface area contributed by atoms with Crippen molar-refractivity contribution in [2.75, 3.05) is 12.4 Å². The molecule has 1 unspecified atom stereocenters. The van der Waals surface area contributed by atoms with Gasteiger partial charge in [-0.25, -0.2) is 13.8 Å². The van der Waals surface area contributed by atoms with Crippen molar-refractivity contribution in [3.05, 3.63) is 71.1 Å².